The van der Waals surface area contributed by atoms with Crippen molar-refractivity contribution in [3.8, 4) is 11.6 Å². The molecule has 11 nitrogen and oxygen atoms in total. The summed E-state index contributed by atoms with van der Waals surface area (Å²) in [6, 6.07) is 3.28. The minimum atomic E-state index is -0.276. The van der Waals surface area contributed by atoms with E-state index in [9.17, 15) is 4.79 Å². The molecule has 11 heteroatoms. The summed E-state index contributed by atoms with van der Waals surface area (Å²) in [5, 5.41) is 4.37. The number of carbonyl (C=O) groups is 1. The van der Waals surface area contributed by atoms with Crippen LogP contribution in [0.5, 0.6) is 0 Å². The number of fused-ring (bicyclic) bond motifs is 1. The molecular weight excluding hydrogens is 458 g/mol. The maximum atomic E-state index is 13.6. The fourth-order valence-electron chi connectivity index (χ4n) is 6.14. The van der Waals surface area contributed by atoms with Gasteiger partial charge in [-0.2, -0.15) is 19.5 Å². The molecule has 0 radical (unpaired) electrons. The van der Waals surface area contributed by atoms with Gasteiger partial charge in [0.05, 0.1) is 6.26 Å². The number of furan rings is 1. The van der Waals surface area contributed by atoms with Crippen LogP contribution in [0.25, 0.3) is 17.4 Å². The Bertz CT molecular complexity index is 1210. The zero-order chi connectivity index (χ0) is 24.7. The van der Waals surface area contributed by atoms with Gasteiger partial charge in [-0.1, -0.05) is 26.2 Å². The molecule has 2 N–H and O–H groups in total. The van der Waals surface area contributed by atoms with E-state index < -0.39 is 0 Å². The Kier molecular flexibility index (Phi) is 6.02. The van der Waals surface area contributed by atoms with Crippen molar-refractivity contribution in [2.45, 2.75) is 57.9 Å². The number of aromatic nitrogens is 5. The lowest BCUT2D eigenvalue weighted by Crippen LogP contribution is -2.55. The lowest BCUT2D eigenvalue weighted by Gasteiger charge is -2.42. The van der Waals surface area contributed by atoms with Crippen LogP contribution >= 0.6 is 0 Å². The first-order chi connectivity index (χ1) is 17.5. The molecular formula is C25H35N9O2. The third-order valence-electron chi connectivity index (χ3n) is 8.11. The molecule has 1 aliphatic carbocycles. The number of carbonyl (C=O) groups excluding carboxylic acids is 1. The normalized spacial score (nSPS) is 23.0. The first-order valence-corrected chi connectivity index (χ1v) is 13.2. The number of hydrogen-bond donors (Lipinski definition) is 1. The van der Waals surface area contributed by atoms with Crippen molar-refractivity contribution in [3.05, 3.63) is 18.4 Å². The van der Waals surface area contributed by atoms with E-state index in [4.69, 9.17) is 10.2 Å². The number of nitrogens with two attached hydrogens (primary N) is 1. The Hall–Kier alpha value is -3.21. The second kappa shape index (κ2) is 9.34. The molecule has 36 heavy (non-hydrogen) atoms. The predicted octanol–water partition coefficient (Wildman–Crippen LogP) is 2.44. The van der Waals surface area contributed by atoms with Gasteiger partial charge in [-0.3, -0.25) is 9.69 Å². The molecule has 3 fully saturated rings. The van der Waals surface area contributed by atoms with Crippen molar-refractivity contribution in [3.63, 3.8) is 0 Å². The fraction of sp³-hybridized carbons (Fsp3) is 0.640. The van der Waals surface area contributed by atoms with E-state index >= 15 is 0 Å². The number of rotatable bonds is 5. The zero-order valence-electron chi connectivity index (χ0n) is 21.0. The number of nitrogen functional groups attached to an aromatic ring is 1. The summed E-state index contributed by atoms with van der Waals surface area (Å²) in [5.41, 5.74) is 6.64. The van der Waals surface area contributed by atoms with Crippen LogP contribution in [0.1, 0.15) is 51.9 Å². The maximum absolute atomic E-state index is 13.6. The van der Waals surface area contributed by atoms with Gasteiger partial charge in [-0.15, -0.1) is 5.10 Å². The highest BCUT2D eigenvalue weighted by Gasteiger charge is 2.38. The molecule has 0 unspecified atom stereocenters. The van der Waals surface area contributed by atoms with Gasteiger partial charge < -0.3 is 20.0 Å². The van der Waals surface area contributed by atoms with E-state index in [0.717, 1.165) is 45.6 Å². The van der Waals surface area contributed by atoms with E-state index in [-0.39, 0.29) is 17.9 Å². The summed E-state index contributed by atoms with van der Waals surface area (Å²) in [7, 11) is 0. The summed E-state index contributed by atoms with van der Waals surface area (Å²) in [4.78, 5) is 33.7. The van der Waals surface area contributed by atoms with Crippen LogP contribution in [0.2, 0.25) is 0 Å². The van der Waals surface area contributed by atoms with E-state index in [2.05, 4.69) is 31.9 Å². The average Bonchev–Trinajstić information content (AvgIpc) is 3.65. The summed E-state index contributed by atoms with van der Waals surface area (Å²) in [5.74, 6) is 2.04. The van der Waals surface area contributed by atoms with Gasteiger partial charge in [0.25, 0.3) is 5.78 Å². The molecule has 3 aromatic rings. The van der Waals surface area contributed by atoms with E-state index in [1.54, 1.807) is 18.4 Å². The number of piperazine rings is 1. The predicted molar refractivity (Wildman–Crippen MR) is 135 cm³/mol. The molecule has 3 aromatic heterocycles. The van der Waals surface area contributed by atoms with Crippen molar-refractivity contribution < 1.29 is 9.21 Å². The number of hydrogen-bond acceptors (Lipinski definition) is 9. The number of nitrogens with zero attached hydrogens (tertiary/aromatic N) is 8. The van der Waals surface area contributed by atoms with Crippen LogP contribution in [0, 0.1) is 5.41 Å². The zero-order valence-corrected chi connectivity index (χ0v) is 21.0. The Balaban J connectivity index is 1.14. The van der Waals surface area contributed by atoms with Gasteiger partial charge in [0.1, 0.15) is 6.04 Å². The standard InChI is InChI=1S/C25H35N9O2/c1-25(9-3-2-4-10-25)17-31-12-14-32(15-13-31)21(35)18-7-5-11-33(18)23-28-22(26)34-24(29-23)27-20(30-34)19-8-6-16-36-19/h6,8,16,18H,2-5,7,9-15,17H2,1H3,(H2,26,27,28,29,30)/t18-/m0/s1. The van der Waals surface area contributed by atoms with E-state index in [1.165, 1.54) is 36.6 Å². The van der Waals surface area contributed by atoms with Crippen LogP contribution in [-0.4, -0.2) is 85.6 Å². The second-order valence-corrected chi connectivity index (χ2v) is 10.8. The lowest BCUT2D eigenvalue weighted by molar-refractivity contribution is -0.134. The molecule has 2 aliphatic heterocycles. The Morgan fingerprint density at radius 1 is 1.08 bits per heavy atom. The monoisotopic (exact) mass is 493 g/mol. The van der Waals surface area contributed by atoms with Crippen LogP contribution in [0.3, 0.4) is 0 Å². The Morgan fingerprint density at radius 2 is 1.89 bits per heavy atom. The molecule has 5 heterocycles. The van der Waals surface area contributed by atoms with Crippen LogP contribution in [0.15, 0.2) is 22.8 Å². The van der Waals surface area contributed by atoms with E-state index in [1.807, 2.05) is 9.80 Å². The molecule has 1 amide bonds. The van der Waals surface area contributed by atoms with Gasteiger partial charge >= 0.3 is 0 Å². The Labute approximate surface area is 210 Å². The van der Waals surface area contributed by atoms with Crippen molar-refractivity contribution in [2.75, 3.05) is 49.9 Å². The van der Waals surface area contributed by atoms with Crippen molar-refractivity contribution in [1.82, 2.24) is 34.4 Å². The summed E-state index contributed by atoms with van der Waals surface area (Å²) < 4.78 is 6.80. The molecule has 3 aliphatic rings. The number of amides is 1. The molecule has 192 valence electrons. The molecule has 0 aromatic carbocycles. The molecule has 1 atom stereocenters. The quantitative estimate of drug-likeness (QED) is 0.571. The van der Waals surface area contributed by atoms with Crippen molar-refractivity contribution in [1.29, 1.82) is 0 Å². The highest BCUT2D eigenvalue weighted by molar-refractivity contribution is 5.85. The summed E-state index contributed by atoms with van der Waals surface area (Å²) >= 11 is 0. The SMILES string of the molecule is CC1(CN2CCN(C(=O)[C@@H]3CCCN3c3nc(N)n4nc(-c5ccco5)nc4n3)CC2)CCCCC1. The molecule has 0 spiro atoms. The van der Waals surface area contributed by atoms with E-state index in [0.29, 0.717) is 35.3 Å². The van der Waals surface area contributed by atoms with Gasteiger partial charge in [0, 0.05) is 39.3 Å². The first-order valence-electron chi connectivity index (χ1n) is 13.2. The molecule has 2 saturated heterocycles. The van der Waals surface area contributed by atoms with Crippen LogP contribution < -0.4 is 10.6 Å². The highest BCUT2D eigenvalue weighted by Crippen LogP contribution is 2.36. The maximum Gasteiger partial charge on any atom is 0.259 e. The van der Waals surface area contributed by atoms with Gasteiger partial charge in [-0.05, 0) is 43.2 Å². The molecule has 0 bridgehead atoms. The third kappa shape index (κ3) is 4.40. The smallest absolute Gasteiger partial charge is 0.259 e. The largest absolute Gasteiger partial charge is 0.461 e. The lowest BCUT2D eigenvalue weighted by atomic mass is 9.75. The minimum Gasteiger partial charge on any atom is -0.461 e. The number of anilines is 2. The summed E-state index contributed by atoms with van der Waals surface area (Å²) in [6.07, 6.45) is 9.99. The van der Waals surface area contributed by atoms with Crippen LogP contribution in [0.4, 0.5) is 11.9 Å². The molecule has 6 rings (SSSR count). The van der Waals surface area contributed by atoms with Gasteiger partial charge in [-0.25, -0.2) is 0 Å². The average molecular weight is 494 g/mol. The van der Waals surface area contributed by atoms with Gasteiger partial charge in [0.15, 0.2) is 5.76 Å². The fourth-order valence-corrected chi connectivity index (χ4v) is 6.14. The minimum absolute atomic E-state index is 0.163. The van der Waals surface area contributed by atoms with Crippen LogP contribution in [-0.2, 0) is 4.79 Å². The summed E-state index contributed by atoms with van der Waals surface area (Å²) in [6.45, 7) is 7.74. The highest BCUT2D eigenvalue weighted by atomic mass is 16.3. The second-order valence-electron chi connectivity index (χ2n) is 10.8. The molecule has 1 saturated carbocycles. The van der Waals surface area contributed by atoms with Crippen molar-refractivity contribution in [2.24, 2.45) is 5.41 Å². The Morgan fingerprint density at radius 3 is 2.64 bits per heavy atom. The third-order valence-corrected chi connectivity index (χ3v) is 8.11. The first kappa shape index (κ1) is 23.2. The topological polar surface area (TPSA) is 122 Å². The van der Waals surface area contributed by atoms with Crippen molar-refractivity contribution >= 4 is 23.6 Å². The van der Waals surface area contributed by atoms with Gasteiger partial charge in [0.2, 0.25) is 23.6 Å².